The summed E-state index contributed by atoms with van der Waals surface area (Å²) in [6.45, 7) is 6.89. The minimum absolute atomic E-state index is 0.0803. The number of likely N-dealkylation sites (tertiary alicyclic amines) is 1. The van der Waals surface area contributed by atoms with Crippen LogP contribution in [0.4, 0.5) is 4.79 Å². The van der Waals surface area contributed by atoms with Gasteiger partial charge in [-0.05, 0) is 39.5 Å². The lowest BCUT2D eigenvalue weighted by Gasteiger charge is -2.35. The number of carbonyl (C=O) groups excluding carboxylic acids is 2. The molecule has 104 valence electrons. The summed E-state index contributed by atoms with van der Waals surface area (Å²) in [6, 6.07) is -0.0803. The van der Waals surface area contributed by atoms with Crippen LogP contribution in [0.5, 0.6) is 0 Å². The Kier molecular flexibility index (Phi) is 5.14. The molecule has 1 unspecified atom stereocenters. The van der Waals surface area contributed by atoms with Gasteiger partial charge in [-0.15, -0.1) is 0 Å². The van der Waals surface area contributed by atoms with Crippen LogP contribution in [0.25, 0.3) is 0 Å². The van der Waals surface area contributed by atoms with Crippen LogP contribution in [0.1, 0.15) is 40.0 Å². The average molecular weight is 256 g/mol. The molecule has 1 heterocycles. The number of piperidine rings is 1. The standard InChI is InChI=1S/C13H24N2O3/c1-13(2,3)18-12(17)15-7-4-10(5-8-15)11(14)6-9-16/h9-11H,4-8,14H2,1-3H3. The van der Waals surface area contributed by atoms with Gasteiger partial charge in [-0.2, -0.15) is 0 Å². The molecule has 0 saturated carbocycles. The summed E-state index contributed by atoms with van der Waals surface area (Å²) in [5.41, 5.74) is 5.46. The first-order valence-electron chi connectivity index (χ1n) is 6.50. The number of nitrogens with zero attached hydrogens (tertiary/aromatic N) is 1. The maximum atomic E-state index is 11.8. The van der Waals surface area contributed by atoms with E-state index in [4.69, 9.17) is 10.5 Å². The van der Waals surface area contributed by atoms with Crippen LogP contribution in [0.3, 0.4) is 0 Å². The summed E-state index contributed by atoms with van der Waals surface area (Å²) in [5.74, 6) is 0.328. The Balaban J connectivity index is 2.39. The largest absolute Gasteiger partial charge is 0.444 e. The highest BCUT2D eigenvalue weighted by Gasteiger charge is 2.29. The molecule has 1 atom stereocenters. The van der Waals surface area contributed by atoms with Crippen LogP contribution >= 0.6 is 0 Å². The van der Waals surface area contributed by atoms with Crippen LogP contribution in [-0.2, 0) is 9.53 Å². The summed E-state index contributed by atoms with van der Waals surface area (Å²) < 4.78 is 5.32. The summed E-state index contributed by atoms with van der Waals surface area (Å²) in [6.07, 6.45) is 2.69. The fraction of sp³-hybridized carbons (Fsp3) is 0.846. The molecule has 2 N–H and O–H groups in total. The number of aldehydes is 1. The van der Waals surface area contributed by atoms with Crippen LogP contribution < -0.4 is 5.73 Å². The second-order valence-electron chi connectivity index (χ2n) is 5.87. The summed E-state index contributed by atoms with van der Waals surface area (Å²) in [5, 5.41) is 0. The van der Waals surface area contributed by atoms with E-state index in [1.807, 2.05) is 20.8 Å². The smallest absolute Gasteiger partial charge is 0.410 e. The zero-order valence-corrected chi connectivity index (χ0v) is 11.5. The van der Waals surface area contributed by atoms with Crippen molar-refractivity contribution in [1.29, 1.82) is 0 Å². The molecule has 0 aromatic carbocycles. The molecule has 1 rings (SSSR count). The van der Waals surface area contributed by atoms with Crippen molar-refractivity contribution < 1.29 is 14.3 Å². The van der Waals surface area contributed by atoms with Crippen molar-refractivity contribution in [3.05, 3.63) is 0 Å². The first-order valence-corrected chi connectivity index (χ1v) is 6.50. The molecule has 0 bridgehead atoms. The summed E-state index contributed by atoms with van der Waals surface area (Å²) >= 11 is 0. The second kappa shape index (κ2) is 6.18. The van der Waals surface area contributed by atoms with E-state index in [1.165, 1.54) is 0 Å². The Morgan fingerprint density at radius 3 is 2.44 bits per heavy atom. The lowest BCUT2D eigenvalue weighted by molar-refractivity contribution is -0.108. The van der Waals surface area contributed by atoms with Crippen LogP contribution in [-0.4, -0.2) is 42.0 Å². The molecular weight excluding hydrogens is 232 g/mol. The molecule has 0 aliphatic carbocycles. The SMILES string of the molecule is CC(C)(C)OC(=O)N1CCC(C(N)CC=O)CC1. The van der Waals surface area contributed by atoms with Gasteiger partial charge in [-0.25, -0.2) is 4.79 Å². The van der Waals surface area contributed by atoms with Crippen LogP contribution in [0.2, 0.25) is 0 Å². The van der Waals surface area contributed by atoms with E-state index in [-0.39, 0.29) is 12.1 Å². The van der Waals surface area contributed by atoms with Crippen LogP contribution in [0, 0.1) is 5.92 Å². The van der Waals surface area contributed by atoms with Gasteiger partial charge in [-0.1, -0.05) is 0 Å². The number of carbonyl (C=O) groups is 2. The number of rotatable bonds is 3. The third-order valence-corrected chi connectivity index (χ3v) is 3.17. The Morgan fingerprint density at radius 2 is 2.00 bits per heavy atom. The highest BCUT2D eigenvalue weighted by atomic mass is 16.6. The molecule has 1 aliphatic heterocycles. The highest BCUT2D eigenvalue weighted by Crippen LogP contribution is 2.22. The predicted octanol–water partition coefficient (Wildman–Crippen LogP) is 1.55. The van der Waals surface area contributed by atoms with Gasteiger partial charge in [0, 0.05) is 25.6 Å². The van der Waals surface area contributed by atoms with Crippen molar-refractivity contribution >= 4 is 12.4 Å². The van der Waals surface area contributed by atoms with Crippen molar-refractivity contribution in [3.8, 4) is 0 Å². The van der Waals surface area contributed by atoms with Gasteiger partial charge in [0.15, 0.2) is 0 Å². The Labute approximate surface area is 109 Å². The highest BCUT2D eigenvalue weighted by molar-refractivity contribution is 5.68. The van der Waals surface area contributed by atoms with Gasteiger partial charge < -0.3 is 20.2 Å². The normalized spacial score (nSPS) is 19.4. The molecule has 5 nitrogen and oxygen atoms in total. The van der Waals surface area contributed by atoms with Crippen molar-refractivity contribution in [2.45, 2.75) is 51.7 Å². The van der Waals surface area contributed by atoms with E-state index in [9.17, 15) is 9.59 Å². The molecule has 0 spiro atoms. The molecule has 0 aromatic heterocycles. The van der Waals surface area contributed by atoms with Crippen molar-refractivity contribution in [1.82, 2.24) is 4.90 Å². The van der Waals surface area contributed by atoms with Crippen molar-refractivity contribution in [2.24, 2.45) is 11.7 Å². The fourth-order valence-corrected chi connectivity index (χ4v) is 2.14. The molecule has 1 amide bonds. The molecule has 0 aromatic rings. The lowest BCUT2D eigenvalue weighted by Crippen LogP contribution is -2.45. The van der Waals surface area contributed by atoms with Gasteiger partial charge in [0.2, 0.25) is 0 Å². The van der Waals surface area contributed by atoms with E-state index in [1.54, 1.807) is 4.90 Å². The number of hydrogen-bond donors (Lipinski definition) is 1. The molecule has 1 aliphatic rings. The third kappa shape index (κ3) is 4.64. The minimum Gasteiger partial charge on any atom is -0.444 e. The van der Waals surface area contributed by atoms with Gasteiger partial charge in [0.25, 0.3) is 0 Å². The van der Waals surface area contributed by atoms with Crippen molar-refractivity contribution in [2.75, 3.05) is 13.1 Å². The topological polar surface area (TPSA) is 72.6 Å². The van der Waals surface area contributed by atoms with Gasteiger partial charge in [-0.3, -0.25) is 0 Å². The van der Waals surface area contributed by atoms with Crippen LogP contribution in [0.15, 0.2) is 0 Å². The molecule has 18 heavy (non-hydrogen) atoms. The fourth-order valence-electron chi connectivity index (χ4n) is 2.14. The minimum atomic E-state index is -0.456. The first kappa shape index (κ1) is 15.0. The molecule has 5 heteroatoms. The molecule has 0 radical (unpaired) electrons. The number of nitrogens with two attached hydrogens (primary N) is 1. The average Bonchev–Trinajstić information content (AvgIpc) is 2.27. The lowest BCUT2D eigenvalue weighted by atomic mass is 9.88. The molecule has 1 fully saturated rings. The monoisotopic (exact) mass is 256 g/mol. The van der Waals surface area contributed by atoms with E-state index in [0.717, 1.165) is 19.1 Å². The first-order chi connectivity index (χ1) is 8.33. The maximum absolute atomic E-state index is 11.8. The maximum Gasteiger partial charge on any atom is 0.410 e. The Hall–Kier alpha value is -1.10. The van der Waals surface area contributed by atoms with Crippen molar-refractivity contribution in [3.63, 3.8) is 0 Å². The number of amides is 1. The number of hydrogen-bond acceptors (Lipinski definition) is 4. The van der Waals surface area contributed by atoms with Gasteiger partial charge >= 0.3 is 6.09 Å². The van der Waals surface area contributed by atoms with E-state index < -0.39 is 5.60 Å². The van der Waals surface area contributed by atoms with E-state index >= 15 is 0 Å². The Morgan fingerprint density at radius 1 is 1.44 bits per heavy atom. The Bertz CT molecular complexity index is 291. The van der Waals surface area contributed by atoms with Gasteiger partial charge in [0.1, 0.15) is 11.9 Å². The molecular formula is C13H24N2O3. The van der Waals surface area contributed by atoms with E-state index in [2.05, 4.69) is 0 Å². The number of ether oxygens (including phenoxy) is 1. The summed E-state index contributed by atoms with van der Waals surface area (Å²) in [4.78, 5) is 24.0. The van der Waals surface area contributed by atoms with Gasteiger partial charge in [0.05, 0.1) is 0 Å². The third-order valence-electron chi connectivity index (χ3n) is 3.17. The summed E-state index contributed by atoms with van der Waals surface area (Å²) in [7, 11) is 0. The second-order valence-corrected chi connectivity index (χ2v) is 5.87. The van der Waals surface area contributed by atoms with E-state index in [0.29, 0.717) is 25.4 Å². The molecule has 1 saturated heterocycles. The quantitative estimate of drug-likeness (QED) is 0.778. The zero-order chi connectivity index (χ0) is 13.8. The predicted molar refractivity (Wildman–Crippen MR) is 69.2 cm³/mol. The zero-order valence-electron chi connectivity index (χ0n) is 11.5.